The molecule has 1 aliphatic carbocycles. The number of rotatable bonds is 11. The number of aliphatic hydroxyl groups excluding tert-OH is 1. The summed E-state index contributed by atoms with van der Waals surface area (Å²) in [7, 11) is 0. The Hall–Kier alpha value is -3.86. The number of thioether (sulfide) groups is 1. The van der Waals surface area contributed by atoms with Gasteiger partial charge in [0.05, 0.1) is 12.1 Å². The number of ether oxygens (including phenoxy) is 1. The van der Waals surface area contributed by atoms with Crippen LogP contribution >= 0.6 is 11.8 Å². The largest absolute Gasteiger partial charge is 0.490 e. The lowest BCUT2D eigenvalue weighted by Crippen LogP contribution is -2.38. The summed E-state index contributed by atoms with van der Waals surface area (Å²) in [5, 5.41) is 32.6. The molecule has 0 bridgehead atoms. The number of alkyl halides is 3. The van der Waals surface area contributed by atoms with Crippen LogP contribution in [0.15, 0.2) is 29.4 Å². The Balaban J connectivity index is 0.000000353. The van der Waals surface area contributed by atoms with Crippen LogP contribution in [0.1, 0.15) is 57.6 Å². The van der Waals surface area contributed by atoms with Gasteiger partial charge < -0.3 is 31.3 Å². The maximum Gasteiger partial charge on any atom is 0.490 e. The molecule has 2 heterocycles. The highest BCUT2D eigenvalue weighted by molar-refractivity contribution is 7.99. The summed E-state index contributed by atoms with van der Waals surface area (Å²) in [6.07, 6.45) is -5.60. The van der Waals surface area contributed by atoms with E-state index < -0.39 is 36.5 Å². The van der Waals surface area contributed by atoms with Gasteiger partial charge in [-0.25, -0.2) is 24.2 Å². The Morgan fingerprint density at radius 2 is 1.98 bits per heavy atom. The maximum absolute atomic E-state index is 12.7. The predicted molar refractivity (Wildman–Crippen MR) is 153 cm³/mol. The molecule has 0 spiro atoms. The fraction of sp³-hybridized carbons (Fsp3) is 0.538. The van der Waals surface area contributed by atoms with Crippen molar-refractivity contribution in [1.82, 2.24) is 30.3 Å². The third kappa shape index (κ3) is 9.57. The number of aliphatic hydroxyl groups is 1. The Morgan fingerprint density at radius 1 is 1.21 bits per heavy atom. The summed E-state index contributed by atoms with van der Waals surface area (Å²) in [5.41, 5.74) is 7.68. The second-order valence-corrected chi connectivity index (χ2v) is 10.7. The molecule has 1 fully saturated rings. The lowest BCUT2D eigenvalue weighted by atomic mass is 10.2. The minimum absolute atomic E-state index is 0.159. The number of esters is 1. The van der Waals surface area contributed by atoms with E-state index in [9.17, 15) is 27.9 Å². The number of aromatic nitrogens is 5. The number of nitrogen functional groups attached to an aromatic ring is 1. The number of amides is 1. The number of carboxylic acid groups (broad SMARTS) is 1. The second kappa shape index (κ2) is 15.6. The first-order valence-electron chi connectivity index (χ1n) is 13.7. The van der Waals surface area contributed by atoms with Crippen molar-refractivity contribution in [3.63, 3.8) is 0 Å². The lowest BCUT2D eigenvalue weighted by molar-refractivity contribution is -0.209. The fourth-order valence-corrected chi connectivity index (χ4v) is 4.91. The minimum Gasteiger partial charge on any atom is -0.465 e. The van der Waals surface area contributed by atoms with Crippen molar-refractivity contribution >= 4 is 46.5 Å². The molecule has 236 valence electrons. The molecule has 0 aliphatic heterocycles. The zero-order valence-electron chi connectivity index (χ0n) is 23.7. The fourth-order valence-electron chi connectivity index (χ4n) is 4.21. The number of anilines is 2. The Bertz CT molecular complexity index is 1380. The van der Waals surface area contributed by atoms with Gasteiger partial charge in [0.15, 0.2) is 28.2 Å². The van der Waals surface area contributed by atoms with Gasteiger partial charge in [-0.1, -0.05) is 49.4 Å². The summed E-state index contributed by atoms with van der Waals surface area (Å²) >= 11 is 1.44. The Labute approximate surface area is 249 Å². The minimum atomic E-state index is -5.15. The molecule has 0 radical (unpaired) electrons. The number of halogens is 3. The first kappa shape index (κ1) is 33.6. The SMILES string of the molecule is CCCCNc1nc(SCCC)nc2c1nnn2[C@@H]1CC[C@@H](O)[C@H]1OC(=O)C(F)(F)F.Nc1cccc(CNC(=O)O)c1. The number of carbonyl (C=O) groups excluding carboxylic acids is 1. The average molecular weight is 629 g/mol. The van der Waals surface area contributed by atoms with Gasteiger partial charge in [0.1, 0.15) is 0 Å². The van der Waals surface area contributed by atoms with Gasteiger partial charge >= 0.3 is 18.2 Å². The zero-order chi connectivity index (χ0) is 31.6. The lowest BCUT2D eigenvalue weighted by Gasteiger charge is -2.23. The first-order valence-corrected chi connectivity index (χ1v) is 14.7. The van der Waals surface area contributed by atoms with Crippen molar-refractivity contribution in [3.05, 3.63) is 29.8 Å². The number of carbonyl (C=O) groups is 2. The number of unbranched alkanes of at least 4 members (excludes halogenated alkanes) is 1. The highest BCUT2D eigenvalue weighted by atomic mass is 32.2. The predicted octanol–water partition coefficient (Wildman–Crippen LogP) is 4.14. The van der Waals surface area contributed by atoms with Crippen LogP contribution in [0.5, 0.6) is 0 Å². The van der Waals surface area contributed by atoms with E-state index in [4.69, 9.17) is 10.8 Å². The van der Waals surface area contributed by atoms with E-state index >= 15 is 0 Å². The van der Waals surface area contributed by atoms with E-state index in [2.05, 4.69) is 42.6 Å². The van der Waals surface area contributed by atoms with E-state index in [1.165, 1.54) is 16.4 Å². The van der Waals surface area contributed by atoms with Crippen LogP contribution in [-0.2, 0) is 16.1 Å². The van der Waals surface area contributed by atoms with Crippen molar-refractivity contribution < 1.29 is 37.7 Å². The topological polar surface area (TPSA) is 190 Å². The van der Waals surface area contributed by atoms with Crippen LogP contribution in [0.4, 0.5) is 29.5 Å². The normalized spacial score (nSPS) is 18.1. The molecule has 6 N–H and O–H groups in total. The number of fused-ring (bicyclic) bond motifs is 1. The molecule has 4 rings (SSSR count). The van der Waals surface area contributed by atoms with Crippen LogP contribution < -0.4 is 16.4 Å². The molecule has 1 amide bonds. The van der Waals surface area contributed by atoms with Gasteiger partial charge in [-0.05, 0) is 43.4 Å². The smallest absolute Gasteiger partial charge is 0.465 e. The van der Waals surface area contributed by atoms with E-state index in [0.717, 1.165) is 30.6 Å². The van der Waals surface area contributed by atoms with Crippen LogP contribution in [0.2, 0.25) is 0 Å². The van der Waals surface area contributed by atoms with Gasteiger partial charge in [-0.2, -0.15) is 13.2 Å². The van der Waals surface area contributed by atoms with E-state index in [0.29, 0.717) is 40.9 Å². The standard InChI is InChI=1S/C18H25F3N6O3S.C8H10N2O2/c1-3-5-8-22-14-12-15(24-17(23-14)31-9-4-2)27(26-25-12)10-6-7-11(28)13(10)30-16(29)18(19,20)21;9-7-3-1-2-6(4-7)5-10-8(11)12/h10-11,13,28H,3-9H2,1-2H3,(H,22,23,24);1-4,10H,5,9H2,(H,11,12)/t10-,11-,13+;/m1./s1. The monoisotopic (exact) mass is 628 g/mol. The number of hydrogen-bond donors (Lipinski definition) is 5. The molecule has 13 nitrogen and oxygen atoms in total. The molecule has 0 saturated heterocycles. The molecule has 43 heavy (non-hydrogen) atoms. The highest BCUT2D eigenvalue weighted by Gasteiger charge is 2.48. The average Bonchev–Trinajstić information content (AvgIpc) is 3.53. The Kier molecular flexibility index (Phi) is 12.2. The molecule has 0 unspecified atom stereocenters. The summed E-state index contributed by atoms with van der Waals surface area (Å²) < 4.78 is 44.1. The number of nitrogens with zero attached hydrogens (tertiary/aromatic N) is 5. The van der Waals surface area contributed by atoms with Gasteiger partial charge in [-0.15, -0.1) is 5.10 Å². The summed E-state index contributed by atoms with van der Waals surface area (Å²) in [4.78, 5) is 30.5. The molecular formula is C26H35F3N8O5S. The molecule has 2 aromatic heterocycles. The molecule has 1 saturated carbocycles. The number of hydrogen-bond acceptors (Lipinski definition) is 11. The van der Waals surface area contributed by atoms with Crippen LogP contribution in [0.25, 0.3) is 11.2 Å². The number of nitrogens with two attached hydrogens (primary N) is 1. The molecule has 3 aromatic rings. The van der Waals surface area contributed by atoms with Crippen LogP contribution in [-0.4, -0.2) is 77.9 Å². The van der Waals surface area contributed by atoms with Crippen molar-refractivity contribution in [2.24, 2.45) is 0 Å². The molecule has 3 atom stereocenters. The number of benzene rings is 1. The third-order valence-corrected chi connectivity index (χ3v) is 7.31. The zero-order valence-corrected chi connectivity index (χ0v) is 24.5. The van der Waals surface area contributed by atoms with Gasteiger partial charge in [0.2, 0.25) is 0 Å². The van der Waals surface area contributed by atoms with Gasteiger partial charge in [-0.3, -0.25) is 0 Å². The van der Waals surface area contributed by atoms with Crippen molar-refractivity contribution in [1.29, 1.82) is 0 Å². The van der Waals surface area contributed by atoms with Crippen LogP contribution in [0, 0.1) is 0 Å². The Morgan fingerprint density at radius 3 is 2.63 bits per heavy atom. The molecule has 1 aliphatic rings. The summed E-state index contributed by atoms with van der Waals surface area (Å²) in [6.45, 7) is 5.04. The first-order chi connectivity index (χ1) is 20.4. The second-order valence-electron chi connectivity index (χ2n) is 9.67. The quantitative estimate of drug-likeness (QED) is 0.0672. The molecule has 17 heteroatoms. The third-order valence-electron chi connectivity index (χ3n) is 6.26. The van der Waals surface area contributed by atoms with E-state index in [-0.39, 0.29) is 12.8 Å². The van der Waals surface area contributed by atoms with Crippen LogP contribution in [0.3, 0.4) is 0 Å². The molecule has 1 aromatic carbocycles. The highest BCUT2D eigenvalue weighted by Crippen LogP contribution is 2.36. The maximum atomic E-state index is 12.7. The summed E-state index contributed by atoms with van der Waals surface area (Å²) in [5.74, 6) is -1.07. The van der Waals surface area contributed by atoms with Crippen molar-refractivity contribution in [3.8, 4) is 0 Å². The van der Waals surface area contributed by atoms with Gasteiger partial charge in [0.25, 0.3) is 0 Å². The summed E-state index contributed by atoms with van der Waals surface area (Å²) in [6, 6.07) is 6.26. The molecular weight excluding hydrogens is 593 g/mol. The van der Waals surface area contributed by atoms with Crippen molar-refractivity contribution in [2.75, 3.05) is 23.3 Å². The number of nitrogens with one attached hydrogen (secondary N) is 2. The van der Waals surface area contributed by atoms with Crippen molar-refractivity contribution in [2.45, 2.75) is 82.1 Å². The van der Waals surface area contributed by atoms with E-state index in [1.807, 2.05) is 13.0 Å². The van der Waals surface area contributed by atoms with E-state index in [1.54, 1.807) is 18.2 Å². The van der Waals surface area contributed by atoms with Gasteiger partial charge in [0, 0.05) is 24.5 Å².